The van der Waals surface area contributed by atoms with Gasteiger partial charge in [0.05, 0.1) is 0 Å². The van der Waals surface area contributed by atoms with Gasteiger partial charge in [0.25, 0.3) is 0 Å². The minimum Gasteiger partial charge on any atom is -0.0984 e. The second kappa shape index (κ2) is 4.15. The molecule has 0 N–H and O–H groups in total. The number of fused-ring (bicyclic) bond motifs is 3. The first-order valence-corrected chi connectivity index (χ1v) is 6.05. The third-order valence-corrected chi connectivity index (χ3v) is 3.42. The number of benzene rings is 3. The molecule has 86 valence electrons. The zero-order chi connectivity index (χ0) is 12.5. The lowest BCUT2D eigenvalue weighted by atomic mass is 9.92. The van der Waals surface area contributed by atoms with Crippen LogP contribution in [0, 0.1) is 0 Å². The van der Waals surface area contributed by atoms with Crippen molar-refractivity contribution in [3.63, 3.8) is 0 Å². The van der Waals surface area contributed by atoms with Crippen molar-refractivity contribution in [3.05, 3.63) is 72.8 Å². The predicted octanol–water partition coefficient (Wildman–Crippen LogP) is 5.28. The van der Waals surface area contributed by atoms with Gasteiger partial charge in [-0.3, -0.25) is 0 Å². The van der Waals surface area contributed by atoms with Crippen LogP contribution >= 0.6 is 0 Å². The summed E-state index contributed by atoms with van der Waals surface area (Å²) in [7, 11) is 0. The summed E-state index contributed by atoms with van der Waals surface area (Å²) in [5.74, 6) is 0. The fourth-order valence-electron chi connectivity index (χ4n) is 2.64. The quantitative estimate of drug-likeness (QED) is 0.525. The lowest BCUT2D eigenvalue weighted by Crippen LogP contribution is -1.88. The summed E-state index contributed by atoms with van der Waals surface area (Å²) in [5.41, 5.74) is 2.33. The molecule has 0 nitrogen and oxygen atoms in total. The summed E-state index contributed by atoms with van der Waals surface area (Å²) < 4.78 is 0. The van der Waals surface area contributed by atoms with Gasteiger partial charge >= 0.3 is 0 Å². The molecule has 0 saturated heterocycles. The van der Waals surface area contributed by atoms with E-state index < -0.39 is 0 Å². The largest absolute Gasteiger partial charge is 0.0984 e. The van der Waals surface area contributed by atoms with Crippen LogP contribution in [0.1, 0.15) is 11.1 Å². The maximum Gasteiger partial charge on any atom is -0.00990 e. The average Bonchev–Trinajstić information content (AvgIpc) is 2.45. The smallest absolute Gasteiger partial charge is 0.00990 e. The van der Waals surface area contributed by atoms with Crippen LogP contribution in [0.3, 0.4) is 0 Å². The first-order valence-electron chi connectivity index (χ1n) is 6.05. The van der Waals surface area contributed by atoms with Crippen LogP contribution in [0.2, 0.25) is 0 Å². The molecule has 3 aromatic rings. The molecule has 0 aliphatic heterocycles. The molecule has 0 heterocycles. The van der Waals surface area contributed by atoms with Crippen LogP contribution < -0.4 is 0 Å². The molecule has 0 heteroatoms. The van der Waals surface area contributed by atoms with Gasteiger partial charge < -0.3 is 0 Å². The van der Waals surface area contributed by atoms with E-state index >= 15 is 0 Å². The van der Waals surface area contributed by atoms with Crippen molar-refractivity contribution in [3.8, 4) is 0 Å². The van der Waals surface area contributed by atoms with E-state index in [1.54, 1.807) is 0 Å². The third kappa shape index (κ3) is 1.39. The first-order chi connectivity index (χ1) is 8.86. The van der Waals surface area contributed by atoms with Gasteiger partial charge in [-0.2, -0.15) is 0 Å². The summed E-state index contributed by atoms with van der Waals surface area (Å²) in [4.78, 5) is 0. The zero-order valence-corrected chi connectivity index (χ0v) is 10.2. The Balaban J connectivity index is 2.70. The maximum atomic E-state index is 3.95. The van der Waals surface area contributed by atoms with Gasteiger partial charge in [0.1, 0.15) is 0 Å². The Kier molecular flexibility index (Phi) is 2.49. The van der Waals surface area contributed by atoms with E-state index in [0.29, 0.717) is 0 Å². The summed E-state index contributed by atoms with van der Waals surface area (Å²) in [6.07, 6.45) is 3.84. The summed E-state index contributed by atoms with van der Waals surface area (Å²) >= 11 is 0. The lowest BCUT2D eigenvalue weighted by molar-refractivity contribution is 1.71. The van der Waals surface area contributed by atoms with E-state index in [2.05, 4.69) is 61.7 Å². The van der Waals surface area contributed by atoms with Crippen molar-refractivity contribution < 1.29 is 0 Å². The Morgan fingerprint density at radius 3 is 1.22 bits per heavy atom. The van der Waals surface area contributed by atoms with Crippen LogP contribution in [0.15, 0.2) is 61.7 Å². The Morgan fingerprint density at radius 1 is 0.556 bits per heavy atom. The topological polar surface area (TPSA) is 0 Å². The molecular formula is C18H14. The van der Waals surface area contributed by atoms with Crippen molar-refractivity contribution in [2.75, 3.05) is 0 Å². The Morgan fingerprint density at radius 2 is 0.889 bits per heavy atom. The molecule has 0 spiro atoms. The van der Waals surface area contributed by atoms with Crippen molar-refractivity contribution in [2.45, 2.75) is 0 Å². The minimum absolute atomic E-state index is 1.17. The molecule has 0 fully saturated rings. The molecule has 0 bridgehead atoms. The molecule has 0 aliphatic rings. The van der Waals surface area contributed by atoms with Crippen LogP contribution in [0.5, 0.6) is 0 Å². The van der Waals surface area contributed by atoms with E-state index in [0.717, 1.165) is 0 Å². The van der Waals surface area contributed by atoms with Gasteiger partial charge in [0, 0.05) is 0 Å². The molecule has 18 heavy (non-hydrogen) atoms. The second-order valence-electron chi connectivity index (χ2n) is 4.33. The van der Waals surface area contributed by atoms with Crippen LogP contribution in [0.25, 0.3) is 33.7 Å². The highest BCUT2D eigenvalue weighted by molar-refractivity contribution is 6.14. The Bertz CT molecular complexity index is 697. The third-order valence-electron chi connectivity index (χ3n) is 3.42. The maximum absolute atomic E-state index is 3.95. The summed E-state index contributed by atoms with van der Waals surface area (Å²) in [6, 6.07) is 16.9. The fourth-order valence-corrected chi connectivity index (χ4v) is 2.64. The van der Waals surface area contributed by atoms with Gasteiger partial charge in [0.15, 0.2) is 0 Å². The molecule has 0 saturated carbocycles. The molecule has 3 aromatic carbocycles. The van der Waals surface area contributed by atoms with Crippen molar-refractivity contribution >= 4 is 33.7 Å². The first kappa shape index (κ1) is 10.8. The van der Waals surface area contributed by atoms with E-state index in [1.807, 2.05) is 12.2 Å². The van der Waals surface area contributed by atoms with Crippen molar-refractivity contribution in [2.24, 2.45) is 0 Å². The van der Waals surface area contributed by atoms with E-state index in [4.69, 9.17) is 0 Å². The van der Waals surface area contributed by atoms with Crippen LogP contribution in [-0.2, 0) is 0 Å². The number of rotatable bonds is 2. The van der Waals surface area contributed by atoms with Gasteiger partial charge in [-0.15, -0.1) is 0 Å². The predicted molar refractivity (Wildman–Crippen MR) is 81.6 cm³/mol. The summed E-state index contributed by atoms with van der Waals surface area (Å²) in [5, 5.41) is 5.02. The van der Waals surface area contributed by atoms with Crippen LogP contribution in [0.4, 0.5) is 0 Å². The lowest BCUT2D eigenvalue weighted by Gasteiger charge is -2.12. The second-order valence-corrected chi connectivity index (χ2v) is 4.33. The highest BCUT2D eigenvalue weighted by atomic mass is 14.1. The zero-order valence-electron chi connectivity index (χ0n) is 10.2. The van der Waals surface area contributed by atoms with E-state index in [9.17, 15) is 0 Å². The standard InChI is InChI=1S/C18H14/c1-3-13-14(4-2)16-10-6-8-12-18(16)17-11-7-5-9-15(13)17/h3-12H,1-2H2. The molecule has 0 atom stereocenters. The normalized spacial score (nSPS) is 10.7. The van der Waals surface area contributed by atoms with Gasteiger partial charge in [0.2, 0.25) is 0 Å². The van der Waals surface area contributed by atoms with Crippen LogP contribution in [-0.4, -0.2) is 0 Å². The molecule has 3 rings (SSSR count). The Hall–Kier alpha value is -2.34. The van der Waals surface area contributed by atoms with Crippen molar-refractivity contribution in [1.29, 1.82) is 0 Å². The minimum atomic E-state index is 1.17. The van der Waals surface area contributed by atoms with Gasteiger partial charge in [-0.25, -0.2) is 0 Å². The van der Waals surface area contributed by atoms with Crippen molar-refractivity contribution in [1.82, 2.24) is 0 Å². The molecule has 0 aromatic heterocycles. The Labute approximate surface area is 107 Å². The average molecular weight is 230 g/mol. The molecular weight excluding hydrogens is 216 g/mol. The van der Waals surface area contributed by atoms with Gasteiger partial charge in [-0.05, 0) is 32.7 Å². The van der Waals surface area contributed by atoms with E-state index in [1.165, 1.54) is 32.7 Å². The monoisotopic (exact) mass is 230 g/mol. The molecule has 0 amide bonds. The summed E-state index contributed by atoms with van der Waals surface area (Å²) in [6.45, 7) is 7.90. The molecule has 0 aliphatic carbocycles. The SMILES string of the molecule is C=Cc1c(C=C)c2ccccc2c2ccccc12. The fraction of sp³-hybridized carbons (Fsp3) is 0. The highest BCUT2D eigenvalue weighted by Crippen LogP contribution is 2.33. The van der Waals surface area contributed by atoms with E-state index in [-0.39, 0.29) is 0 Å². The molecule has 0 radical (unpaired) electrons. The number of hydrogen-bond acceptors (Lipinski definition) is 0. The molecule has 0 unspecified atom stereocenters. The van der Waals surface area contributed by atoms with Gasteiger partial charge in [-0.1, -0.05) is 73.8 Å². The highest BCUT2D eigenvalue weighted by Gasteiger charge is 2.09. The number of hydrogen-bond donors (Lipinski definition) is 0.